The van der Waals surface area contributed by atoms with E-state index in [0.717, 1.165) is 17.7 Å². The lowest BCUT2D eigenvalue weighted by atomic mass is 9.97. The Labute approximate surface area is 108 Å². The summed E-state index contributed by atoms with van der Waals surface area (Å²) in [5.41, 5.74) is 3.45. The molecule has 0 radical (unpaired) electrons. The van der Waals surface area contributed by atoms with Gasteiger partial charge in [-0.05, 0) is 24.0 Å². The van der Waals surface area contributed by atoms with Crippen molar-refractivity contribution in [3.63, 3.8) is 0 Å². The minimum absolute atomic E-state index is 0.609. The topological polar surface area (TPSA) is 37.8 Å². The molecule has 0 amide bonds. The van der Waals surface area contributed by atoms with Crippen LogP contribution >= 0.6 is 0 Å². The molecule has 0 bridgehead atoms. The highest BCUT2D eigenvalue weighted by Crippen LogP contribution is 2.23. The maximum absolute atomic E-state index is 4.43. The summed E-state index contributed by atoms with van der Waals surface area (Å²) in [5.74, 6) is 1.26. The number of benzene rings is 1. The van der Waals surface area contributed by atoms with Gasteiger partial charge in [0.1, 0.15) is 0 Å². The van der Waals surface area contributed by atoms with Crippen LogP contribution in [-0.2, 0) is 0 Å². The molecule has 1 N–H and O–H groups in total. The highest BCUT2D eigenvalue weighted by atomic mass is 15.1. The van der Waals surface area contributed by atoms with Crippen LogP contribution < -0.4 is 5.32 Å². The average Bonchev–Trinajstić information content (AvgIpc) is 2.46. The zero-order valence-electron chi connectivity index (χ0n) is 11.1. The van der Waals surface area contributed by atoms with Crippen LogP contribution in [0.5, 0.6) is 0 Å². The fraction of sp³-hybridized carbons (Fsp3) is 0.333. The Kier molecular flexibility index (Phi) is 3.92. The molecule has 3 heteroatoms. The molecule has 0 aliphatic carbocycles. The Morgan fingerprint density at radius 2 is 1.89 bits per heavy atom. The van der Waals surface area contributed by atoms with E-state index in [9.17, 15) is 0 Å². The average molecular weight is 241 g/mol. The lowest BCUT2D eigenvalue weighted by Crippen LogP contribution is -1.97. The lowest BCUT2D eigenvalue weighted by molar-refractivity contribution is 0.734. The highest BCUT2D eigenvalue weighted by molar-refractivity contribution is 5.60. The zero-order chi connectivity index (χ0) is 13.0. The molecule has 2 aromatic rings. The minimum Gasteiger partial charge on any atom is -0.357 e. The van der Waals surface area contributed by atoms with Gasteiger partial charge in [0.05, 0.1) is 5.69 Å². The molecule has 1 aromatic heterocycles. The Morgan fingerprint density at radius 1 is 1.17 bits per heavy atom. The first-order valence-corrected chi connectivity index (χ1v) is 6.35. The van der Waals surface area contributed by atoms with Gasteiger partial charge in [0.15, 0.2) is 0 Å². The summed E-state index contributed by atoms with van der Waals surface area (Å²) in [6.07, 6.45) is 2.94. The van der Waals surface area contributed by atoms with E-state index in [1.54, 1.807) is 6.20 Å². The first-order chi connectivity index (χ1) is 8.74. The van der Waals surface area contributed by atoms with Crippen LogP contribution in [0.1, 0.15) is 31.7 Å². The monoisotopic (exact) mass is 241 g/mol. The van der Waals surface area contributed by atoms with Gasteiger partial charge in [0, 0.05) is 18.8 Å². The molecule has 0 aliphatic rings. The molecular weight excluding hydrogens is 222 g/mol. The van der Waals surface area contributed by atoms with Crippen molar-refractivity contribution in [1.82, 2.24) is 9.97 Å². The molecule has 1 aromatic carbocycles. The number of hydrogen-bond acceptors (Lipinski definition) is 3. The normalized spacial score (nSPS) is 12.2. The molecule has 1 heterocycles. The zero-order valence-corrected chi connectivity index (χ0v) is 11.1. The predicted molar refractivity (Wildman–Crippen MR) is 75.7 cm³/mol. The highest BCUT2D eigenvalue weighted by Gasteiger charge is 2.04. The van der Waals surface area contributed by atoms with Crippen molar-refractivity contribution in [3.05, 3.63) is 42.1 Å². The maximum Gasteiger partial charge on any atom is 0.222 e. The standard InChI is InChI=1S/C15H19N3/c1-4-11(2)12-5-7-13(8-6-12)14-9-10-17-15(16-3)18-14/h5-11H,4H2,1-3H3,(H,16,17,18). The van der Waals surface area contributed by atoms with Crippen molar-refractivity contribution in [3.8, 4) is 11.3 Å². The van der Waals surface area contributed by atoms with Crippen LogP contribution in [0.3, 0.4) is 0 Å². The predicted octanol–water partition coefficient (Wildman–Crippen LogP) is 3.70. The molecule has 0 saturated carbocycles. The van der Waals surface area contributed by atoms with Crippen LogP contribution in [-0.4, -0.2) is 17.0 Å². The number of aromatic nitrogens is 2. The third-order valence-corrected chi connectivity index (χ3v) is 3.27. The fourth-order valence-corrected chi connectivity index (χ4v) is 1.86. The van der Waals surface area contributed by atoms with Gasteiger partial charge in [-0.3, -0.25) is 0 Å². The third kappa shape index (κ3) is 2.67. The molecule has 1 unspecified atom stereocenters. The van der Waals surface area contributed by atoms with Crippen LogP contribution in [0.4, 0.5) is 5.95 Å². The number of rotatable bonds is 4. The van der Waals surface area contributed by atoms with E-state index in [1.807, 2.05) is 13.1 Å². The molecule has 18 heavy (non-hydrogen) atoms. The Bertz CT molecular complexity index is 505. The molecule has 94 valence electrons. The summed E-state index contributed by atoms with van der Waals surface area (Å²) in [6, 6.07) is 10.6. The first kappa shape index (κ1) is 12.6. The molecule has 0 spiro atoms. The van der Waals surface area contributed by atoms with Crippen molar-refractivity contribution in [2.45, 2.75) is 26.2 Å². The first-order valence-electron chi connectivity index (χ1n) is 6.35. The molecule has 0 saturated heterocycles. The Morgan fingerprint density at radius 3 is 2.50 bits per heavy atom. The molecule has 0 aliphatic heterocycles. The smallest absolute Gasteiger partial charge is 0.222 e. The second-order valence-electron chi connectivity index (χ2n) is 4.45. The summed E-state index contributed by atoms with van der Waals surface area (Å²) < 4.78 is 0. The number of hydrogen-bond donors (Lipinski definition) is 1. The van der Waals surface area contributed by atoms with Crippen LogP contribution in [0.15, 0.2) is 36.5 Å². The van der Waals surface area contributed by atoms with E-state index >= 15 is 0 Å². The van der Waals surface area contributed by atoms with Gasteiger partial charge >= 0.3 is 0 Å². The Hall–Kier alpha value is -1.90. The van der Waals surface area contributed by atoms with E-state index in [-0.39, 0.29) is 0 Å². The minimum atomic E-state index is 0.609. The number of nitrogens with one attached hydrogen (secondary N) is 1. The lowest BCUT2D eigenvalue weighted by Gasteiger charge is -2.09. The number of nitrogens with zero attached hydrogens (tertiary/aromatic N) is 2. The van der Waals surface area contributed by atoms with Gasteiger partial charge in [0.25, 0.3) is 0 Å². The van der Waals surface area contributed by atoms with Gasteiger partial charge in [-0.2, -0.15) is 0 Å². The van der Waals surface area contributed by atoms with Crippen LogP contribution in [0.2, 0.25) is 0 Å². The summed E-state index contributed by atoms with van der Waals surface area (Å²) >= 11 is 0. The third-order valence-electron chi connectivity index (χ3n) is 3.27. The summed E-state index contributed by atoms with van der Waals surface area (Å²) in [7, 11) is 1.82. The molecule has 3 nitrogen and oxygen atoms in total. The van der Waals surface area contributed by atoms with E-state index in [4.69, 9.17) is 0 Å². The molecular formula is C15H19N3. The van der Waals surface area contributed by atoms with Crippen LogP contribution in [0, 0.1) is 0 Å². The SMILES string of the molecule is CCC(C)c1ccc(-c2ccnc(NC)n2)cc1. The molecule has 0 fully saturated rings. The van der Waals surface area contributed by atoms with Crippen molar-refractivity contribution in [2.24, 2.45) is 0 Å². The molecule has 1 atom stereocenters. The quantitative estimate of drug-likeness (QED) is 0.887. The second-order valence-corrected chi connectivity index (χ2v) is 4.45. The maximum atomic E-state index is 4.43. The Balaban J connectivity index is 2.28. The van der Waals surface area contributed by atoms with E-state index in [0.29, 0.717) is 11.9 Å². The second kappa shape index (κ2) is 5.63. The van der Waals surface area contributed by atoms with Crippen molar-refractivity contribution >= 4 is 5.95 Å². The van der Waals surface area contributed by atoms with E-state index in [2.05, 4.69) is 53.4 Å². The van der Waals surface area contributed by atoms with Crippen molar-refractivity contribution < 1.29 is 0 Å². The van der Waals surface area contributed by atoms with Gasteiger partial charge < -0.3 is 5.32 Å². The fourth-order valence-electron chi connectivity index (χ4n) is 1.86. The van der Waals surface area contributed by atoms with Gasteiger partial charge in [-0.25, -0.2) is 9.97 Å². The van der Waals surface area contributed by atoms with E-state index in [1.165, 1.54) is 5.56 Å². The summed E-state index contributed by atoms with van der Waals surface area (Å²) in [4.78, 5) is 8.55. The number of anilines is 1. The summed E-state index contributed by atoms with van der Waals surface area (Å²) in [5, 5.41) is 2.95. The largest absolute Gasteiger partial charge is 0.357 e. The summed E-state index contributed by atoms with van der Waals surface area (Å²) in [6.45, 7) is 4.46. The molecule has 2 rings (SSSR count). The van der Waals surface area contributed by atoms with Gasteiger partial charge in [-0.1, -0.05) is 38.1 Å². The van der Waals surface area contributed by atoms with Gasteiger partial charge in [0.2, 0.25) is 5.95 Å². The van der Waals surface area contributed by atoms with Crippen LogP contribution in [0.25, 0.3) is 11.3 Å². The van der Waals surface area contributed by atoms with Crippen molar-refractivity contribution in [2.75, 3.05) is 12.4 Å². The van der Waals surface area contributed by atoms with Crippen molar-refractivity contribution in [1.29, 1.82) is 0 Å². The van der Waals surface area contributed by atoms with E-state index < -0.39 is 0 Å². The van der Waals surface area contributed by atoms with Gasteiger partial charge in [-0.15, -0.1) is 0 Å².